The lowest BCUT2D eigenvalue weighted by Crippen LogP contribution is -2.30. The number of aromatic nitrogens is 5. The van der Waals surface area contributed by atoms with Gasteiger partial charge >= 0.3 is 6.09 Å². The number of hydrogen-bond acceptors (Lipinski definition) is 6. The smallest absolute Gasteiger partial charge is 0.410 e. The van der Waals surface area contributed by atoms with Crippen molar-refractivity contribution in [3.05, 3.63) is 71.2 Å². The van der Waals surface area contributed by atoms with Crippen LogP contribution in [0.1, 0.15) is 49.6 Å². The monoisotopic (exact) mass is 531 g/mol. The molecule has 1 saturated carbocycles. The molecule has 0 unspecified atom stereocenters. The summed E-state index contributed by atoms with van der Waals surface area (Å²) in [6.45, 7) is 3.15. The first-order valence-corrected chi connectivity index (χ1v) is 13.2. The molecule has 10 heteroatoms. The van der Waals surface area contributed by atoms with Crippen molar-refractivity contribution in [3.8, 4) is 11.3 Å². The summed E-state index contributed by atoms with van der Waals surface area (Å²) in [6.07, 6.45) is 13.9. The van der Waals surface area contributed by atoms with Crippen molar-refractivity contribution in [1.82, 2.24) is 29.8 Å². The second-order valence-electron chi connectivity index (χ2n) is 10.1. The number of amides is 1. The third-order valence-electron chi connectivity index (χ3n) is 7.22. The summed E-state index contributed by atoms with van der Waals surface area (Å²) in [7, 11) is 0. The van der Waals surface area contributed by atoms with Crippen molar-refractivity contribution in [1.29, 1.82) is 5.41 Å². The highest BCUT2D eigenvalue weighted by Gasteiger charge is 2.24. The third kappa shape index (κ3) is 5.83. The molecule has 3 N–H and O–H groups in total. The summed E-state index contributed by atoms with van der Waals surface area (Å²) in [5.41, 5.74) is 4.94. The largest absolute Gasteiger partial charge is 0.465 e. The van der Waals surface area contributed by atoms with E-state index in [9.17, 15) is 9.90 Å². The zero-order valence-corrected chi connectivity index (χ0v) is 21.9. The first-order valence-electron chi connectivity index (χ1n) is 12.9. The minimum Gasteiger partial charge on any atom is -0.465 e. The summed E-state index contributed by atoms with van der Waals surface area (Å²) >= 11 is 6.30. The van der Waals surface area contributed by atoms with E-state index in [4.69, 9.17) is 22.0 Å². The fourth-order valence-corrected chi connectivity index (χ4v) is 5.40. The average Bonchev–Trinajstić information content (AvgIpc) is 3.25. The topological polar surface area (TPSA) is 130 Å². The highest BCUT2D eigenvalue weighted by atomic mass is 35.5. The van der Waals surface area contributed by atoms with E-state index in [1.807, 2.05) is 18.3 Å². The number of aryl methyl sites for hydroxylation is 2. The van der Waals surface area contributed by atoms with E-state index in [-0.39, 0.29) is 11.7 Å². The van der Waals surface area contributed by atoms with Gasteiger partial charge in [0.1, 0.15) is 5.69 Å². The van der Waals surface area contributed by atoms with E-state index in [0.29, 0.717) is 34.1 Å². The Morgan fingerprint density at radius 2 is 1.97 bits per heavy atom. The molecule has 1 amide bonds. The van der Waals surface area contributed by atoms with Crippen LogP contribution in [0.5, 0.6) is 0 Å². The molecule has 0 bridgehead atoms. The zero-order chi connectivity index (χ0) is 26.6. The molecule has 1 fully saturated rings. The summed E-state index contributed by atoms with van der Waals surface area (Å²) in [5, 5.41) is 20.1. The van der Waals surface area contributed by atoms with Crippen molar-refractivity contribution in [2.75, 3.05) is 0 Å². The van der Waals surface area contributed by atoms with Crippen LogP contribution in [-0.4, -0.2) is 41.5 Å². The standard InChI is InChI=1S/C28H30ClN7O2/c1-17-4-6-19(7-5-17)15-36-16-20(9-8-18-3-2-10-31-12-18)23-25(36)24(21-11-22(29)14-32-13-21)34-27(33-23)26(30)35-28(37)38/h2-3,10-14,16-17,19H,4-9,15H2,1H3,(H2,30,35)(H,37,38)/t17-,19-. The second-order valence-corrected chi connectivity index (χ2v) is 10.5. The lowest BCUT2D eigenvalue weighted by Gasteiger charge is -2.26. The highest BCUT2D eigenvalue weighted by Crippen LogP contribution is 2.34. The SMILES string of the molecule is C[C@H]1CC[C@H](Cn2cc(CCc3cccnc3)c3nc(C(=N)NC(=O)O)nc(-c4cncc(Cl)c4)c32)CC1. The fraction of sp³-hybridized carbons (Fsp3) is 0.357. The van der Waals surface area contributed by atoms with Crippen molar-refractivity contribution < 1.29 is 9.90 Å². The van der Waals surface area contributed by atoms with Gasteiger partial charge in [0.25, 0.3) is 0 Å². The Kier molecular flexibility index (Phi) is 7.64. The fourth-order valence-electron chi connectivity index (χ4n) is 5.22. The molecule has 0 aromatic carbocycles. The van der Waals surface area contributed by atoms with Gasteiger partial charge in [-0.25, -0.2) is 14.8 Å². The molecule has 9 nitrogen and oxygen atoms in total. The van der Waals surface area contributed by atoms with Gasteiger partial charge in [-0.3, -0.25) is 20.7 Å². The molecular weight excluding hydrogens is 502 g/mol. The van der Waals surface area contributed by atoms with Crippen molar-refractivity contribution in [2.24, 2.45) is 11.8 Å². The van der Waals surface area contributed by atoms with E-state index >= 15 is 0 Å². The Hall–Kier alpha value is -3.85. The Bertz CT molecular complexity index is 1460. The van der Waals surface area contributed by atoms with Gasteiger partial charge in [0.05, 0.1) is 16.1 Å². The van der Waals surface area contributed by atoms with Crippen LogP contribution in [-0.2, 0) is 19.4 Å². The predicted octanol–water partition coefficient (Wildman–Crippen LogP) is 5.75. The van der Waals surface area contributed by atoms with Crippen molar-refractivity contribution in [3.63, 3.8) is 0 Å². The van der Waals surface area contributed by atoms with Gasteiger partial charge in [-0.15, -0.1) is 0 Å². The van der Waals surface area contributed by atoms with E-state index in [2.05, 4.69) is 38.0 Å². The van der Waals surface area contributed by atoms with Crippen LogP contribution in [0.15, 0.2) is 49.2 Å². The Balaban J connectivity index is 1.65. The number of fused-ring (bicyclic) bond motifs is 1. The summed E-state index contributed by atoms with van der Waals surface area (Å²) < 4.78 is 2.24. The maximum absolute atomic E-state index is 11.3. The Labute approximate surface area is 225 Å². The molecule has 5 rings (SSSR count). The van der Waals surface area contributed by atoms with Crippen LogP contribution in [0.2, 0.25) is 5.02 Å². The van der Waals surface area contributed by atoms with Gasteiger partial charge in [-0.1, -0.05) is 37.4 Å². The molecule has 0 aliphatic heterocycles. The lowest BCUT2D eigenvalue weighted by molar-refractivity contribution is 0.200. The minimum atomic E-state index is -1.34. The molecule has 0 radical (unpaired) electrons. The molecule has 4 heterocycles. The van der Waals surface area contributed by atoms with E-state index in [1.165, 1.54) is 25.7 Å². The number of carbonyl (C=O) groups is 1. The maximum Gasteiger partial charge on any atom is 0.410 e. The van der Waals surface area contributed by atoms with Crippen LogP contribution < -0.4 is 5.32 Å². The molecule has 1 aliphatic carbocycles. The zero-order valence-electron chi connectivity index (χ0n) is 21.2. The quantitative estimate of drug-likeness (QED) is 0.206. The number of hydrogen-bond donors (Lipinski definition) is 3. The number of pyridine rings is 2. The predicted molar refractivity (Wildman–Crippen MR) is 147 cm³/mol. The molecule has 1 aliphatic rings. The number of rotatable bonds is 7. The molecule has 0 atom stereocenters. The lowest BCUT2D eigenvalue weighted by atomic mass is 9.83. The van der Waals surface area contributed by atoms with Gasteiger partial charge < -0.3 is 9.67 Å². The van der Waals surface area contributed by atoms with Crippen molar-refractivity contribution >= 4 is 34.6 Å². The number of amidine groups is 1. The maximum atomic E-state index is 11.3. The third-order valence-corrected chi connectivity index (χ3v) is 7.42. The van der Waals surface area contributed by atoms with Gasteiger partial charge in [0.15, 0.2) is 11.7 Å². The molecule has 38 heavy (non-hydrogen) atoms. The first-order chi connectivity index (χ1) is 18.4. The normalized spacial score (nSPS) is 17.4. The first kappa shape index (κ1) is 25.8. The van der Waals surface area contributed by atoms with Crippen LogP contribution in [0.25, 0.3) is 22.3 Å². The minimum absolute atomic E-state index is 0.00162. The molecule has 4 aromatic rings. The molecule has 0 saturated heterocycles. The molecular formula is C28H30ClN7O2. The van der Waals surface area contributed by atoms with Gasteiger partial charge in [0.2, 0.25) is 0 Å². The Morgan fingerprint density at radius 1 is 1.16 bits per heavy atom. The molecule has 4 aromatic heterocycles. The van der Waals surface area contributed by atoms with Crippen LogP contribution in [0.3, 0.4) is 0 Å². The van der Waals surface area contributed by atoms with Crippen LogP contribution >= 0.6 is 11.6 Å². The number of nitrogens with one attached hydrogen (secondary N) is 2. The summed E-state index contributed by atoms with van der Waals surface area (Å²) in [6, 6.07) is 5.75. The van der Waals surface area contributed by atoms with E-state index in [1.54, 1.807) is 24.7 Å². The Morgan fingerprint density at radius 3 is 2.68 bits per heavy atom. The second kappa shape index (κ2) is 11.3. The molecule has 0 spiro atoms. The number of carboxylic acid groups (broad SMARTS) is 1. The van der Waals surface area contributed by atoms with Gasteiger partial charge in [-0.05, 0) is 60.8 Å². The number of halogens is 1. The van der Waals surface area contributed by atoms with Crippen LogP contribution in [0.4, 0.5) is 4.79 Å². The van der Waals surface area contributed by atoms with E-state index in [0.717, 1.165) is 35.5 Å². The number of nitrogens with zero attached hydrogens (tertiary/aromatic N) is 5. The highest BCUT2D eigenvalue weighted by molar-refractivity contribution is 6.30. The van der Waals surface area contributed by atoms with Gasteiger partial charge in [0, 0.05) is 43.1 Å². The van der Waals surface area contributed by atoms with Crippen LogP contribution in [0, 0.1) is 17.2 Å². The van der Waals surface area contributed by atoms with Crippen molar-refractivity contribution in [2.45, 2.75) is 52.0 Å². The summed E-state index contributed by atoms with van der Waals surface area (Å²) in [5.74, 6) is 0.920. The molecule has 196 valence electrons. The average molecular weight is 532 g/mol. The van der Waals surface area contributed by atoms with Gasteiger partial charge in [-0.2, -0.15) is 0 Å². The van der Waals surface area contributed by atoms with E-state index < -0.39 is 6.09 Å². The summed E-state index contributed by atoms with van der Waals surface area (Å²) in [4.78, 5) is 29.2.